The Labute approximate surface area is 219 Å². The van der Waals surface area contributed by atoms with Gasteiger partial charge in [-0.25, -0.2) is 14.6 Å². The van der Waals surface area contributed by atoms with Gasteiger partial charge in [0.15, 0.2) is 5.89 Å². The number of hydrogen-bond donors (Lipinski definition) is 0. The van der Waals surface area contributed by atoms with Gasteiger partial charge >= 0.3 is 11.6 Å². The van der Waals surface area contributed by atoms with Crippen molar-refractivity contribution in [3.05, 3.63) is 62.6 Å². The van der Waals surface area contributed by atoms with Crippen LogP contribution in [0.3, 0.4) is 0 Å². The molecule has 0 saturated carbocycles. The highest BCUT2D eigenvalue weighted by Crippen LogP contribution is 2.28. The normalized spacial score (nSPS) is 11.3. The van der Waals surface area contributed by atoms with E-state index in [9.17, 15) is 9.59 Å². The molecular weight excluding hydrogens is 470 g/mol. The van der Waals surface area contributed by atoms with E-state index in [1.54, 1.807) is 6.92 Å². The fraction of sp³-hybridized carbons (Fsp3) is 0.567. The standard InChI is InChI=1S/C30H41NO4S/c1-3-4-5-6-7-8-9-10-11-12-13-14-18-21-25-31-28-26(29(32)35-25)23(2)27(36-28)30(33)34-22-24-19-16-15-17-20-24/h15-17,19-20H,3-14,18,21-22H2,1-2H3. The molecule has 6 heteroatoms. The van der Waals surface area contributed by atoms with Gasteiger partial charge in [-0.1, -0.05) is 114 Å². The number of carbonyl (C=O) groups is 1. The second kappa shape index (κ2) is 15.6. The maximum atomic E-state index is 12.6. The largest absolute Gasteiger partial charge is 0.457 e. The molecule has 0 N–H and O–H groups in total. The Morgan fingerprint density at radius 3 is 2.08 bits per heavy atom. The third kappa shape index (κ3) is 8.88. The van der Waals surface area contributed by atoms with Gasteiger partial charge in [0.25, 0.3) is 0 Å². The van der Waals surface area contributed by atoms with E-state index >= 15 is 0 Å². The van der Waals surface area contributed by atoms with Crippen LogP contribution in [0.1, 0.15) is 117 Å². The van der Waals surface area contributed by atoms with Crippen molar-refractivity contribution in [2.24, 2.45) is 0 Å². The van der Waals surface area contributed by atoms with Crippen LogP contribution in [0, 0.1) is 6.92 Å². The minimum absolute atomic E-state index is 0.194. The Morgan fingerprint density at radius 1 is 0.889 bits per heavy atom. The molecule has 0 bridgehead atoms. The summed E-state index contributed by atoms with van der Waals surface area (Å²) < 4.78 is 10.9. The van der Waals surface area contributed by atoms with E-state index < -0.39 is 11.6 Å². The average Bonchev–Trinajstić information content (AvgIpc) is 3.22. The molecule has 0 aliphatic heterocycles. The Hall–Kier alpha value is -2.47. The van der Waals surface area contributed by atoms with Crippen molar-refractivity contribution in [3.63, 3.8) is 0 Å². The predicted octanol–water partition coefficient (Wildman–Crippen LogP) is 8.55. The quantitative estimate of drug-likeness (QED) is 0.134. The third-order valence-electron chi connectivity index (χ3n) is 6.66. The second-order valence-corrected chi connectivity index (χ2v) is 10.7. The molecule has 0 saturated heterocycles. The molecule has 2 heterocycles. The van der Waals surface area contributed by atoms with Crippen molar-refractivity contribution in [3.8, 4) is 0 Å². The zero-order valence-electron chi connectivity index (χ0n) is 22.0. The summed E-state index contributed by atoms with van der Waals surface area (Å²) in [4.78, 5) is 30.8. The van der Waals surface area contributed by atoms with Gasteiger partial charge in [0, 0.05) is 6.42 Å². The number of rotatable bonds is 17. The van der Waals surface area contributed by atoms with E-state index in [4.69, 9.17) is 9.15 Å². The molecule has 0 aliphatic rings. The van der Waals surface area contributed by atoms with E-state index in [0.717, 1.165) is 18.4 Å². The van der Waals surface area contributed by atoms with Crippen LogP contribution in [0.4, 0.5) is 0 Å². The molecule has 0 amide bonds. The first-order valence-corrected chi connectivity index (χ1v) is 14.6. The first kappa shape index (κ1) is 28.1. The van der Waals surface area contributed by atoms with Crippen molar-refractivity contribution >= 4 is 27.5 Å². The molecule has 0 atom stereocenters. The van der Waals surface area contributed by atoms with Crippen molar-refractivity contribution in [2.45, 2.75) is 110 Å². The fourth-order valence-electron chi connectivity index (χ4n) is 4.50. The Morgan fingerprint density at radius 2 is 1.47 bits per heavy atom. The maximum Gasteiger partial charge on any atom is 0.349 e. The SMILES string of the molecule is CCCCCCCCCCCCCCCc1nc2sc(C(=O)OCc3ccccc3)c(C)c2c(=O)o1. The number of unbranched alkanes of at least 4 members (excludes halogenated alkanes) is 12. The van der Waals surface area contributed by atoms with Gasteiger partial charge in [0.1, 0.15) is 21.7 Å². The zero-order valence-corrected chi connectivity index (χ0v) is 22.8. The van der Waals surface area contributed by atoms with Crippen molar-refractivity contribution in [2.75, 3.05) is 0 Å². The lowest BCUT2D eigenvalue weighted by Crippen LogP contribution is -2.07. The molecule has 0 unspecified atom stereocenters. The summed E-state index contributed by atoms with van der Waals surface area (Å²) in [7, 11) is 0. The summed E-state index contributed by atoms with van der Waals surface area (Å²) >= 11 is 1.21. The minimum Gasteiger partial charge on any atom is -0.457 e. The topological polar surface area (TPSA) is 69.4 Å². The highest BCUT2D eigenvalue weighted by Gasteiger charge is 2.21. The summed E-state index contributed by atoms with van der Waals surface area (Å²) in [6, 6.07) is 9.54. The highest BCUT2D eigenvalue weighted by molar-refractivity contribution is 7.20. The molecule has 1 aromatic carbocycles. The van der Waals surface area contributed by atoms with Gasteiger partial charge < -0.3 is 9.15 Å². The lowest BCUT2D eigenvalue weighted by molar-refractivity contribution is 0.0478. The van der Waals surface area contributed by atoms with Gasteiger partial charge in [-0.2, -0.15) is 0 Å². The summed E-state index contributed by atoms with van der Waals surface area (Å²) in [5.41, 5.74) is 1.09. The van der Waals surface area contributed by atoms with E-state index in [1.165, 1.54) is 82.0 Å². The number of aromatic nitrogens is 1. The number of esters is 1. The number of benzene rings is 1. The Kier molecular flexibility index (Phi) is 12.2. The molecule has 0 aliphatic carbocycles. The maximum absolute atomic E-state index is 12.6. The molecule has 3 aromatic rings. The minimum atomic E-state index is -0.434. The van der Waals surface area contributed by atoms with Gasteiger partial charge in [-0.15, -0.1) is 11.3 Å². The summed E-state index contributed by atoms with van der Waals surface area (Å²) in [6.45, 7) is 4.21. The van der Waals surface area contributed by atoms with Gasteiger partial charge in [0.05, 0.1) is 0 Å². The number of ether oxygens (including phenoxy) is 1. The van der Waals surface area contributed by atoms with Crippen LogP contribution in [0.5, 0.6) is 0 Å². The number of thiophene rings is 1. The van der Waals surface area contributed by atoms with E-state index in [2.05, 4.69) is 11.9 Å². The van der Waals surface area contributed by atoms with Gasteiger partial charge in [0.2, 0.25) is 0 Å². The first-order chi connectivity index (χ1) is 17.6. The molecular formula is C30H41NO4S. The number of nitrogens with zero attached hydrogens (tertiary/aromatic N) is 1. The molecule has 3 rings (SSSR count). The molecule has 5 nitrogen and oxygen atoms in total. The van der Waals surface area contributed by atoms with Crippen LogP contribution in [-0.2, 0) is 17.8 Å². The van der Waals surface area contributed by atoms with Crippen LogP contribution < -0.4 is 5.63 Å². The van der Waals surface area contributed by atoms with Crippen molar-refractivity contribution in [1.82, 2.24) is 4.98 Å². The van der Waals surface area contributed by atoms with E-state index in [1.807, 2.05) is 30.3 Å². The Balaban J connectivity index is 1.39. The zero-order chi connectivity index (χ0) is 25.6. The van der Waals surface area contributed by atoms with E-state index in [-0.39, 0.29) is 6.61 Å². The van der Waals surface area contributed by atoms with Crippen LogP contribution >= 0.6 is 11.3 Å². The molecule has 0 fully saturated rings. The lowest BCUT2D eigenvalue weighted by atomic mass is 10.0. The van der Waals surface area contributed by atoms with Crippen molar-refractivity contribution < 1.29 is 13.9 Å². The summed E-state index contributed by atoms with van der Waals surface area (Å²) in [5, 5.41) is 0.390. The molecule has 0 spiro atoms. The smallest absolute Gasteiger partial charge is 0.349 e. The van der Waals surface area contributed by atoms with Crippen LogP contribution in [0.25, 0.3) is 10.2 Å². The number of aryl methyl sites for hydroxylation is 2. The monoisotopic (exact) mass is 511 g/mol. The number of carbonyl (C=O) groups excluding carboxylic acids is 1. The third-order valence-corrected chi connectivity index (χ3v) is 7.83. The summed E-state index contributed by atoms with van der Waals surface area (Å²) in [5.74, 6) is 0.0258. The van der Waals surface area contributed by atoms with Crippen LogP contribution in [-0.4, -0.2) is 11.0 Å². The van der Waals surface area contributed by atoms with Crippen LogP contribution in [0.15, 0.2) is 39.5 Å². The molecule has 0 radical (unpaired) electrons. The second-order valence-electron chi connectivity index (χ2n) is 9.69. The molecule has 36 heavy (non-hydrogen) atoms. The Bertz CT molecular complexity index is 1120. The van der Waals surface area contributed by atoms with Gasteiger partial charge in [-0.05, 0) is 24.5 Å². The van der Waals surface area contributed by atoms with E-state index in [0.29, 0.717) is 33.0 Å². The average molecular weight is 512 g/mol. The summed E-state index contributed by atoms with van der Waals surface area (Å²) in [6.07, 6.45) is 17.5. The number of fused-ring (bicyclic) bond motifs is 1. The fourth-order valence-corrected chi connectivity index (χ4v) is 5.57. The first-order valence-electron chi connectivity index (χ1n) is 13.7. The molecule has 196 valence electrons. The van der Waals surface area contributed by atoms with Crippen molar-refractivity contribution in [1.29, 1.82) is 0 Å². The number of hydrogen-bond acceptors (Lipinski definition) is 6. The van der Waals surface area contributed by atoms with Crippen LogP contribution in [0.2, 0.25) is 0 Å². The predicted molar refractivity (Wildman–Crippen MR) is 148 cm³/mol. The molecule has 2 aromatic heterocycles. The highest BCUT2D eigenvalue weighted by atomic mass is 32.1. The lowest BCUT2D eigenvalue weighted by Gasteiger charge is -2.03. The van der Waals surface area contributed by atoms with Gasteiger partial charge in [-0.3, -0.25) is 0 Å².